The molecule has 1 aromatic rings. The number of hydrogen-bond acceptors (Lipinski definition) is 2. The van der Waals surface area contributed by atoms with Crippen molar-refractivity contribution in [3.63, 3.8) is 0 Å². The molecule has 0 spiro atoms. The van der Waals surface area contributed by atoms with Gasteiger partial charge in [-0.25, -0.2) is 9.18 Å². The number of unbranched alkanes of at least 4 members (excludes halogenated alkanes) is 2. The zero-order valence-electron chi connectivity index (χ0n) is 16.1. The van der Waals surface area contributed by atoms with E-state index in [1.807, 2.05) is 13.8 Å². The molecule has 1 rings (SSSR count). The molecular weight excluding hydrogens is 333 g/mol. The van der Waals surface area contributed by atoms with Crippen LogP contribution in [0, 0.1) is 5.82 Å². The smallest absolute Gasteiger partial charge is 0.315 e. The maximum absolute atomic E-state index is 12.9. The van der Waals surface area contributed by atoms with Gasteiger partial charge in [-0.3, -0.25) is 4.79 Å². The number of amides is 3. The van der Waals surface area contributed by atoms with E-state index in [-0.39, 0.29) is 24.3 Å². The van der Waals surface area contributed by atoms with Crippen LogP contribution in [0.2, 0.25) is 0 Å². The zero-order valence-corrected chi connectivity index (χ0v) is 16.1. The first kappa shape index (κ1) is 21.9. The molecule has 0 aliphatic heterocycles. The lowest BCUT2D eigenvalue weighted by molar-refractivity contribution is -0.123. The second-order valence-electron chi connectivity index (χ2n) is 6.70. The van der Waals surface area contributed by atoms with Gasteiger partial charge in [0, 0.05) is 12.6 Å². The molecule has 0 aliphatic rings. The van der Waals surface area contributed by atoms with Gasteiger partial charge in [0.05, 0.1) is 0 Å². The van der Waals surface area contributed by atoms with Crippen LogP contribution in [0.5, 0.6) is 0 Å². The van der Waals surface area contributed by atoms with Crippen molar-refractivity contribution in [3.8, 4) is 0 Å². The van der Waals surface area contributed by atoms with Gasteiger partial charge in [0.1, 0.15) is 11.9 Å². The van der Waals surface area contributed by atoms with Gasteiger partial charge in [-0.15, -0.1) is 0 Å². The molecule has 2 unspecified atom stereocenters. The Morgan fingerprint density at radius 1 is 1.00 bits per heavy atom. The van der Waals surface area contributed by atoms with Crippen LogP contribution in [-0.4, -0.2) is 24.0 Å². The van der Waals surface area contributed by atoms with Crippen LogP contribution >= 0.6 is 0 Å². The largest absolute Gasteiger partial charge is 0.352 e. The van der Waals surface area contributed by atoms with E-state index in [1.54, 1.807) is 12.1 Å². The summed E-state index contributed by atoms with van der Waals surface area (Å²) < 4.78 is 12.9. The Morgan fingerprint density at radius 2 is 1.69 bits per heavy atom. The van der Waals surface area contributed by atoms with Crippen molar-refractivity contribution in [1.82, 2.24) is 16.0 Å². The number of rotatable bonds is 11. The first-order valence-electron chi connectivity index (χ1n) is 9.55. The van der Waals surface area contributed by atoms with Gasteiger partial charge in [0.2, 0.25) is 5.91 Å². The van der Waals surface area contributed by atoms with E-state index < -0.39 is 12.1 Å². The van der Waals surface area contributed by atoms with Crippen molar-refractivity contribution in [2.24, 2.45) is 0 Å². The third-order valence-electron chi connectivity index (χ3n) is 4.19. The Morgan fingerprint density at radius 3 is 2.31 bits per heavy atom. The summed E-state index contributed by atoms with van der Waals surface area (Å²) in [7, 11) is 0. The van der Waals surface area contributed by atoms with Crippen LogP contribution < -0.4 is 16.0 Å². The molecule has 3 amide bonds. The monoisotopic (exact) mass is 365 g/mol. The average Bonchev–Trinajstić information content (AvgIpc) is 2.61. The molecule has 146 valence electrons. The van der Waals surface area contributed by atoms with Gasteiger partial charge >= 0.3 is 6.03 Å². The van der Waals surface area contributed by atoms with Crippen molar-refractivity contribution in [1.29, 1.82) is 0 Å². The highest BCUT2D eigenvalue weighted by Crippen LogP contribution is 2.05. The number of urea groups is 1. The summed E-state index contributed by atoms with van der Waals surface area (Å²) in [6, 6.07) is 5.07. The minimum Gasteiger partial charge on any atom is -0.352 e. The van der Waals surface area contributed by atoms with Crippen LogP contribution in [0.4, 0.5) is 9.18 Å². The molecule has 0 radical (unpaired) electrons. The Labute approximate surface area is 156 Å². The Kier molecular flexibility index (Phi) is 10.4. The molecule has 1 aromatic carbocycles. The third-order valence-corrected chi connectivity index (χ3v) is 4.19. The van der Waals surface area contributed by atoms with Crippen LogP contribution in [0.1, 0.15) is 64.9 Å². The van der Waals surface area contributed by atoms with Gasteiger partial charge in [-0.05, 0) is 37.5 Å². The lowest BCUT2D eigenvalue weighted by Gasteiger charge is -2.21. The summed E-state index contributed by atoms with van der Waals surface area (Å²) in [5, 5.41) is 8.43. The standard InChI is InChI=1S/C20H32FN3O2/c1-4-6-7-9-15(3)23-19(25)18(8-5-2)24-20(26)22-14-16-10-12-17(21)13-11-16/h10-13,15,18H,4-9,14H2,1-3H3,(H,23,25)(H2,22,24,26). The van der Waals surface area contributed by atoms with E-state index in [0.717, 1.165) is 37.7 Å². The van der Waals surface area contributed by atoms with Crippen LogP contribution in [-0.2, 0) is 11.3 Å². The molecule has 0 aromatic heterocycles. The lowest BCUT2D eigenvalue weighted by Crippen LogP contribution is -2.51. The van der Waals surface area contributed by atoms with Crippen molar-refractivity contribution >= 4 is 11.9 Å². The van der Waals surface area contributed by atoms with E-state index in [4.69, 9.17) is 0 Å². The van der Waals surface area contributed by atoms with E-state index in [2.05, 4.69) is 22.9 Å². The zero-order chi connectivity index (χ0) is 19.4. The van der Waals surface area contributed by atoms with Crippen LogP contribution in [0.3, 0.4) is 0 Å². The second-order valence-corrected chi connectivity index (χ2v) is 6.70. The molecule has 6 heteroatoms. The maximum Gasteiger partial charge on any atom is 0.315 e. The van der Waals surface area contributed by atoms with Crippen molar-refractivity contribution in [2.75, 3.05) is 0 Å². The summed E-state index contributed by atoms with van der Waals surface area (Å²) in [4.78, 5) is 24.5. The Hall–Kier alpha value is -2.11. The Bertz CT molecular complexity index is 548. The SMILES string of the molecule is CCCCCC(C)NC(=O)C(CCC)NC(=O)NCc1ccc(F)cc1. The highest BCUT2D eigenvalue weighted by Gasteiger charge is 2.21. The Balaban J connectivity index is 2.45. The predicted molar refractivity (Wildman–Crippen MR) is 102 cm³/mol. The minimum atomic E-state index is -0.554. The van der Waals surface area contributed by atoms with Gasteiger partial charge in [-0.1, -0.05) is 51.7 Å². The van der Waals surface area contributed by atoms with Crippen molar-refractivity contribution in [3.05, 3.63) is 35.6 Å². The molecule has 0 fully saturated rings. The molecule has 0 saturated carbocycles. The number of carbonyl (C=O) groups is 2. The number of nitrogens with one attached hydrogen (secondary N) is 3. The highest BCUT2D eigenvalue weighted by molar-refractivity contribution is 5.87. The topological polar surface area (TPSA) is 70.2 Å². The van der Waals surface area contributed by atoms with Crippen LogP contribution in [0.25, 0.3) is 0 Å². The van der Waals surface area contributed by atoms with Gasteiger partial charge < -0.3 is 16.0 Å². The van der Waals surface area contributed by atoms with E-state index >= 15 is 0 Å². The first-order chi connectivity index (χ1) is 12.5. The number of halogens is 1. The minimum absolute atomic E-state index is 0.0949. The van der Waals surface area contributed by atoms with Crippen LogP contribution in [0.15, 0.2) is 24.3 Å². The fourth-order valence-corrected chi connectivity index (χ4v) is 2.67. The maximum atomic E-state index is 12.9. The second kappa shape index (κ2) is 12.3. The summed E-state index contributed by atoms with van der Waals surface area (Å²) in [5.74, 6) is -0.460. The summed E-state index contributed by atoms with van der Waals surface area (Å²) in [6.07, 6.45) is 5.70. The molecule has 3 N–H and O–H groups in total. The molecule has 0 heterocycles. The van der Waals surface area contributed by atoms with E-state index in [1.165, 1.54) is 12.1 Å². The number of carbonyl (C=O) groups excluding carboxylic acids is 2. The highest BCUT2D eigenvalue weighted by atomic mass is 19.1. The average molecular weight is 365 g/mol. The molecular formula is C20H32FN3O2. The van der Waals surface area contributed by atoms with E-state index in [0.29, 0.717) is 6.42 Å². The van der Waals surface area contributed by atoms with Gasteiger partial charge in [-0.2, -0.15) is 0 Å². The fraction of sp³-hybridized carbons (Fsp3) is 0.600. The summed E-state index contributed by atoms with van der Waals surface area (Å²) in [6.45, 7) is 6.39. The molecule has 0 bridgehead atoms. The molecule has 26 heavy (non-hydrogen) atoms. The molecule has 0 saturated heterocycles. The molecule has 5 nitrogen and oxygen atoms in total. The quantitative estimate of drug-likeness (QED) is 0.521. The predicted octanol–water partition coefficient (Wildman–Crippen LogP) is 3.88. The normalized spacial score (nSPS) is 12.9. The van der Waals surface area contributed by atoms with E-state index in [9.17, 15) is 14.0 Å². The number of hydrogen-bond donors (Lipinski definition) is 3. The van der Waals surface area contributed by atoms with Crippen molar-refractivity contribution in [2.45, 2.75) is 77.9 Å². The first-order valence-corrected chi connectivity index (χ1v) is 9.55. The van der Waals surface area contributed by atoms with Crippen molar-refractivity contribution < 1.29 is 14.0 Å². The summed E-state index contributed by atoms with van der Waals surface area (Å²) in [5.41, 5.74) is 0.794. The summed E-state index contributed by atoms with van der Waals surface area (Å²) >= 11 is 0. The third kappa shape index (κ3) is 8.83. The molecule has 2 atom stereocenters. The molecule has 0 aliphatic carbocycles. The van der Waals surface area contributed by atoms with Gasteiger partial charge in [0.15, 0.2) is 0 Å². The lowest BCUT2D eigenvalue weighted by atomic mass is 10.1. The number of benzene rings is 1. The van der Waals surface area contributed by atoms with Gasteiger partial charge in [0.25, 0.3) is 0 Å². The fourth-order valence-electron chi connectivity index (χ4n) is 2.67.